The average molecular weight is 275 g/mol. The third kappa shape index (κ3) is 14.1. The summed E-state index contributed by atoms with van der Waals surface area (Å²) < 4.78 is 10.5. The van der Waals surface area contributed by atoms with E-state index in [1.54, 1.807) is 0 Å². The topological polar surface area (TPSA) is 50.7 Å². The summed E-state index contributed by atoms with van der Waals surface area (Å²) in [6, 6.07) is 0.468. The van der Waals surface area contributed by atoms with Crippen LogP contribution < -0.4 is 5.32 Å². The second-order valence-corrected chi connectivity index (χ2v) is 5.08. The number of hydrogen-bond acceptors (Lipinski definition) is 4. The van der Waals surface area contributed by atoms with E-state index in [1.807, 2.05) is 6.92 Å². The Hall–Kier alpha value is -0.160. The van der Waals surface area contributed by atoms with E-state index in [-0.39, 0.29) is 0 Å². The molecule has 0 aromatic heterocycles. The molecule has 0 aromatic carbocycles. The molecule has 2 N–H and O–H groups in total. The first-order valence-electron chi connectivity index (χ1n) is 7.77. The van der Waals surface area contributed by atoms with Gasteiger partial charge in [0.15, 0.2) is 0 Å². The van der Waals surface area contributed by atoms with Crippen molar-refractivity contribution in [2.75, 3.05) is 33.0 Å². The lowest BCUT2D eigenvalue weighted by Crippen LogP contribution is -2.36. The van der Waals surface area contributed by atoms with Crippen LogP contribution in [0.2, 0.25) is 0 Å². The van der Waals surface area contributed by atoms with Gasteiger partial charge in [0, 0.05) is 19.2 Å². The van der Waals surface area contributed by atoms with Crippen molar-refractivity contribution < 1.29 is 14.6 Å². The largest absolute Gasteiger partial charge is 0.389 e. The van der Waals surface area contributed by atoms with Crippen molar-refractivity contribution in [3.8, 4) is 0 Å². The third-order valence-corrected chi connectivity index (χ3v) is 3.08. The molecule has 0 aliphatic heterocycles. The minimum absolute atomic E-state index is 0.378. The van der Waals surface area contributed by atoms with Gasteiger partial charge in [-0.1, -0.05) is 32.6 Å². The molecule has 4 nitrogen and oxygen atoms in total. The zero-order valence-corrected chi connectivity index (χ0v) is 13.0. The normalized spacial score (nSPS) is 14.5. The van der Waals surface area contributed by atoms with E-state index in [1.165, 1.54) is 32.1 Å². The molecule has 0 rings (SSSR count). The van der Waals surface area contributed by atoms with Crippen LogP contribution in [0.15, 0.2) is 0 Å². The van der Waals surface area contributed by atoms with Crippen molar-refractivity contribution in [1.82, 2.24) is 5.32 Å². The van der Waals surface area contributed by atoms with Crippen LogP contribution in [0.4, 0.5) is 0 Å². The molecule has 0 saturated heterocycles. The Bertz CT molecular complexity index is 179. The molecule has 0 radical (unpaired) electrons. The Morgan fingerprint density at radius 2 is 1.79 bits per heavy atom. The fourth-order valence-corrected chi connectivity index (χ4v) is 1.86. The third-order valence-electron chi connectivity index (χ3n) is 3.08. The molecule has 0 amide bonds. The van der Waals surface area contributed by atoms with Crippen molar-refractivity contribution in [1.29, 1.82) is 0 Å². The highest BCUT2D eigenvalue weighted by atomic mass is 16.5. The van der Waals surface area contributed by atoms with Crippen LogP contribution in [0.25, 0.3) is 0 Å². The van der Waals surface area contributed by atoms with Crippen LogP contribution in [0.1, 0.15) is 52.9 Å². The quantitative estimate of drug-likeness (QED) is 0.478. The Balaban J connectivity index is 3.32. The number of aliphatic hydroxyl groups is 1. The van der Waals surface area contributed by atoms with Gasteiger partial charge in [-0.25, -0.2) is 0 Å². The molecule has 2 unspecified atom stereocenters. The zero-order chi connectivity index (χ0) is 14.3. The molecule has 0 saturated carbocycles. The van der Waals surface area contributed by atoms with Gasteiger partial charge in [-0.05, 0) is 20.3 Å². The lowest BCUT2D eigenvalue weighted by Gasteiger charge is -2.17. The molecule has 4 heteroatoms. The molecule has 0 aromatic rings. The lowest BCUT2D eigenvalue weighted by atomic mass is 10.1. The summed E-state index contributed by atoms with van der Waals surface area (Å²) in [5.41, 5.74) is 0. The fraction of sp³-hybridized carbons (Fsp3) is 1.00. The molecular weight excluding hydrogens is 242 g/mol. The molecular formula is C15H33NO3. The fourth-order valence-electron chi connectivity index (χ4n) is 1.86. The molecule has 19 heavy (non-hydrogen) atoms. The summed E-state index contributed by atoms with van der Waals surface area (Å²) in [5, 5.41) is 13.1. The van der Waals surface area contributed by atoms with E-state index in [0.29, 0.717) is 39.0 Å². The van der Waals surface area contributed by atoms with Gasteiger partial charge < -0.3 is 19.9 Å². The molecule has 0 heterocycles. The van der Waals surface area contributed by atoms with Crippen LogP contribution in [0, 0.1) is 0 Å². The van der Waals surface area contributed by atoms with Gasteiger partial charge in [0.1, 0.15) is 0 Å². The monoisotopic (exact) mass is 275 g/mol. The average Bonchev–Trinajstić information content (AvgIpc) is 2.41. The molecule has 2 atom stereocenters. The first-order valence-corrected chi connectivity index (χ1v) is 7.77. The maximum absolute atomic E-state index is 9.74. The van der Waals surface area contributed by atoms with E-state index in [9.17, 15) is 5.11 Å². The number of nitrogens with one attached hydrogen (secondary N) is 1. The Labute approximate surface area is 118 Å². The Morgan fingerprint density at radius 3 is 2.47 bits per heavy atom. The second kappa shape index (κ2) is 14.3. The van der Waals surface area contributed by atoms with E-state index in [2.05, 4.69) is 19.2 Å². The Morgan fingerprint density at radius 1 is 1.05 bits per heavy atom. The van der Waals surface area contributed by atoms with Gasteiger partial charge in [0.25, 0.3) is 0 Å². The summed E-state index contributed by atoms with van der Waals surface area (Å²) in [7, 11) is 0. The zero-order valence-electron chi connectivity index (χ0n) is 13.0. The van der Waals surface area contributed by atoms with E-state index < -0.39 is 6.10 Å². The summed E-state index contributed by atoms with van der Waals surface area (Å²) >= 11 is 0. The van der Waals surface area contributed by atoms with Crippen molar-refractivity contribution >= 4 is 0 Å². The van der Waals surface area contributed by atoms with Gasteiger partial charge in [-0.3, -0.25) is 0 Å². The number of ether oxygens (including phenoxy) is 2. The number of unbranched alkanes of at least 4 members (excludes halogenated alkanes) is 3. The molecule has 0 spiro atoms. The maximum Gasteiger partial charge on any atom is 0.0897 e. The standard InChI is InChI=1S/C15H33NO3/c1-4-6-7-8-9-14(3)16-12-15(17)13-19-11-10-18-5-2/h14-17H,4-13H2,1-3H3. The first kappa shape index (κ1) is 18.8. The van der Waals surface area contributed by atoms with Gasteiger partial charge in [0.05, 0.1) is 25.9 Å². The van der Waals surface area contributed by atoms with Crippen molar-refractivity contribution in [3.63, 3.8) is 0 Å². The molecule has 0 aliphatic rings. The summed E-state index contributed by atoms with van der Waals surface area (Å²) in [6.45, 7) is 9.20. The van der Waals surface area contributed by atoms with Gasteiger partial charge in [0.2, 0.25) is 0 Å². The van der Waals surface area contributed by atoms with Crippen molar-refractivity contribution in [2.45, 2.75) is 65.0 Å². The predicted molar refractivity (Wildman–Crippen MR) is 79.5 cm³/mol. The molecule has 0 bridgehead atoms. The molecule has 0 fully saturated rings. The number of hydrogen-bond donors (Lipinski definition) is 2. The highest BCUT2D eigenvalue weighted by Gasteiger charge is 2.07. The predicted octanol–water partition coefficient (Wildman–Crippen LogP) is 2.35. The Kier molecular flexibility index (Phi) is 14.1. The second-order valence-electron chi connectivity index (χ2n) is 5.08. The van der Waals surface area contributed by atoms with Crippen LogP contribution in [0.3, 0.4) is 0 Å². The highest BCUT2D eigenvalue weighted by molar-refractivity contribution is 4.65. The summed E-state index contributed by atoms with van der Waals surface area (Å²) in [5.74, 6) is 0. The number of rotatable bonds is 14. The van der Waals surface area contributed by atoms with Crippen molar-refractivity contribution in [2.24, 2.45) is 0 Å². The van der Waals surface area contributed by atoms with Gasteiger partial charge >= 0.3 is 0 Å². The van der Waals surface area contributed by atoms with E-state index in [4.69, 9.17) is 9.47 Å². The summed E-state index contributed by atoms with van der Waals surface area (Å²) in [4.78, 5) is 0. The number of aliphatic hydroxyl groups excluding tert-OH is 1. The van der Waals surface area contributed by atoms with E-state index in [0.717, 1.165) is 0 Å². The highest BCUT2D eigenvalue weighted by Crippen LogP contribution is 2.05. The maximum atomic E-state index is 9.74. The smallest absolute Gasteiger partial charge is 0.0897 e. The van der Waals surface area contributed by atoms with Gasteiger partial charge in [-0.15, -0.1) is 0 Å². The van der Waals surface area contributed by atoms with E-state index >= 15 is 0 Å². The van der Waals surface area contributed by atoms with Crippen LogP contribution in [-0.4, -0.2) is 50.2 Å². The van der Waals surface area contributed by atoms with Gasteiger partial charge in [-0.2, -0.15) is 0 Å². The molecule has 0 aliphatic carbocycles. The van der Waals surface area contributed by atoms with Crippen LogP contribution >= 0.6 is 0 Å². The lowest BCUT2D eigenvalue weighted by molar-refractivity contribution is 0.00579. The minimum Gasteiger partial charge on any atom is -0.389 e. The van der Waals surface area contributed by atoms with Crippen LogP contribution in [-0.2, 0) is 9.47 Å². The van der Waals surface area contributed by atoms with Crippen LogP contribution in [0.5, 0.6) is 0 Å². The molecule has 116 valence electrons. The summed E-state index contributed by atoms with van der Waals surface area (Å²) in [6.07, 6.45) is 5.93. The first-order chi connectivity index (χ1) is 9.20. The SMILES string of the molecule is CCCCCCC(C)NCC(O)COCCOCC. The van der Waals surface area contributed by atoms with Crippen molar-refractivity contribution in [3.05, 3.63) is 0 Å². The minimum atomic E-state index is -0.431.